The van der Waals surface area contributed by atoms with E-state index in [0.29, 0.717) is 19.3 Å². The summed E-state index contributed by atoms with van der Waals surface area (Å²) in [7, 11) is 0. The quantitative estimate of drug-likeness (QED) is 0.0325. The topological polar surface area (TPSA) is 95.9 Å². The van der Waals surface area contributed by atoms with E-state index in [9.17, 15) is 19.8 Å². The smallest absolute Gasteiger partial charge is 0.306 e. The molecule has 0 aromatic rings. The monoisotopic (exact) mass is 786 g/mol. The van der Waals surface area contributed by atoms with Crippen LogP contribution in [0.2, 0.25) is 0 Å². The van der Waals surface area contributed by atoms with Gasteiger partial charge in [0.05, 0.1) is 25.2 Å². The lowest BCUT2D eigenvalue weighted by Crippen LogP contribution is -2.46. The first-order chi connectivity index (χ1) is 27.5. The molecule has 0 aliphatic rings. The van der Waals surface area contributed by atoms with Crippen LogP contribution in [0.1, 0.15) is 233 Å². The molecule has 0 saturated carbocycles. The third-order valence-electron chi connectivity index (χ3n) is 10.6. The van der Waals surface area contributed by atoms with Gasteiger partial charge < -0.3 is 20.3 Å². The van der Waals surface area contributed by atoms with Crippen molar-refractivity contribution in [1.82, 2.24) is 5.32 Å². The van der Waals surface area contributed by atoms with Crippen LogP contribution in [0.4, 0.5) is 0 Å². The number of rotatable bonds is 42. The summed E-state index contributed by atoms with van der Waals surface area (Å²) in [5.74, 6) is -0.507. The second-order valence-electron chi connectivity index (χ2n) is 16.1. The highest BCUT2D eigenvalue weighted by Crippen LogP contribution is 2.17. The molecule has 0 fully saturated rings. The van der Waals surface area contributed by atoms with Crippen LogP contribution in [0.15, 0.2) is 48.6 Å². The molecule has 0 radical (unpaired) electrons. The van der Waals surface area contributed by atoms with Crippen molar-refractivity contribution in [1.29, 1.82) is 0 Å². The first-order valence-corrected chi connectivity index (χ1v) is 23.9. The summed E-state index contributed by atoms with van der Waals surface area (Å²) in [6.45, 7) is 6.31. The van der Waals surface area contributed by atoms with Crippen molar-refractivity contribution >= 4 is 11.9 Å². The van der Waals surface area contributed by atoms with Crippen LogP contribution in [0.5, 0.6) is 0 Å². The molecule has 0 saturated heterocycles. The fourth-order valence-electron chi connectivity index (χ4n) is 7.01. The van der Waals surface area contributed by atoms with Crippen molar-refractivity contribution in [3.05, 3.63) is 48.6 Å². The third kappa shape index (κ3) is 38.7. The largest absolute Gasteiger partial charge is 0.462 e. The Morgan fingerprint density at radius 2 is 0.982 bits per heavy atom. The van der Waals surface area contributed by atoms with Crippen molar-refractivity contribution in [2.24, 2.45) is 0 Å². The molecular formula is C50H91NO5. The van der Waals surface area contributed by atoms with E-state index < -0.39 is 18.2 Å². The molecule has 0 spiro atoms. The number of allylic oxidation sites excluding steroid dienone is 8. The second-order valence-corrected chi connectivity index (χ2v) is 16.1. The number of aliphatic hydroxyl groups is 2. The Balaban J connectivity index is 4.64. The Labute approximate surface area is 346 Å². The first-order valence-electron chi connectivity index (χ1n) is 23.9. The summed E-state index contributed by atoms with van der Waals surface area (Å²) in [6, 6.07) is -0.708. The van der Waals surface area contributed by atoms with Crippen LogP contribution < -0.4 is 5.32 Å². The van der Waals surface area contributed by atoms with Crippen LogP contribution >= 0.6 is 0 Å². The normalized spacial score (nSPS) is 13.7. The van der Waals surface area contributed by atoms with Gasteiger partial charge in [-0.2, -0.15) is 0 Å². The molecule has 3 unspecified atom stereocenters. The highest BCUT2D eigenvalue weighted by atomic mass is 16.5. The van der Waals surface area contributed by atoms with Crippen molar-refractivity contribution in [2.45, 2.75) is 251 Å². The lowest BCUT2D eigenvalue weighted by molar-refractivity contribution is -0.151. The van der Waals surface area contributed by atoms with Crippen molar-refractivity contribution in [3.63, 3.8) is 0 Å². The van der Waals surface area contributed by atoms with Gasteiger partial charge in [-0.3, -0.25) is 9.59 Å². The standard InChI is InChI=1S/C50H91NO5/c1-4-7-10-13-16-19-22-24-25-27-29-32-35-38-41-46(56-50(55)43-40-37-34-31-26-21-18-15-12-9-6-3)44-49(54)51-47(45-52)48(53)42-39-36-33-30-28-23-20-17-14-11-8-5-2/h7,10,15-16,18-19,24-25,46-48,52-53H,4-6,8-9,11-14,17,20-23,26-45H2,1-3H3,(H,51,54)/b10-7+,18-15-,19-16+,25-24+. The average Bonchev–Trinajstić information content (AvgIpc) is 3.19. The number of esters is 1. The summed E-state index contributed by atoms with van der Waals surface area (Å²) in [6.07, 6.45) is 51.7. The van der Waals surface area contributed by atoms with Gasteiger partial charge in [0.25, 0.3) is 0 Å². The van der Waals surface area contributed by atoms with Gasteiger partial charge >= 0.3 is 5.97 Å². The molecule has 3 N–H and O–H groups in total. The number of nitrogens with one attached hydrogen (secondary N) is 1. The zero-order valence-corrected chi connectivity index (χ0v) is 37.0. The average molecular weight is 786 g/mol. The molecule has 3 atom stereocenters. The minimum Gasteiger partial charge on any atom is -0.462 e. The van der Waals surface area contributed by atoms with Gasteiger partial charge in [0.15, 0.2) is 0 Å². The molecule has 1 amide bonds. The molecule has 0 aliphatic carbocycles. The summed E-state index contributed by atoms with van der Waals surface area (Å²) >= 11 is 0. The summed E-state index contributed by atoms with van der Waals surface area (Å²) in [5, 5.41) is 23.7. The molecule has 0 bridgehead atoms. The van der Waals surface area contributed by atoms with Crippen molar-refractivity contribution in [3.8, 4) is 0 Å². The first kappa shape index (κ1) is 53.8. The maximum absolute atomic E-state index is 13.1. The summed E-state index contributed by atoms with van der Waals surface area (Å²) < 4.78 is 5.90. The van der Waals surface area contributed by atoms with E-state index in [0.717, 1.165) is 96.3 Å². The van der Waals surface area contributed by atoms with E-state index in [2.05, 4.69) is 74.7 Å². The lowest BCUT2D eigenvalue weighted by atomic mass is 10.0. The van der Waals surface area contributed by atoms with E-state index >= 15 is 0 Å². The van der Waals surface area contributed by atoms with Gasteiger partial charge in [0.2, 0.25) is 5.91 Å². The van der Waals surface area contributed by atoms with Gasteiger partial charge in [0, 0.05) is 6.42 Å². The fourth-order valence-corrected chi connectivity index (χ4v) is 7.01. The van der Waals surface area contributed by atoms with E-state index in [1.165, 1.54) is 89.9 Å². The van der Waals surface area contributed by atoms with E-state index in [4.69, 9.17) is 4.74 Å². The Hall–Kier alpha value is -2.18. The van der Waals surface area contributed by atoms with E-state index in [-0.39, 0.29) is 24.9 Å². The molecule has 56 heavy (non-hydrogen) atoms. The summed E-state index contributed by atoms with van der Waals surface area (Å²) in [4.78, 5) is 26.0. The Morgan fingerprint density at radius 3 is 1.54 bits per heavy atom. The zero-order chi connectivity index (χ0) is 41.0. The van der Waals surface area contributed by atoms with Crippen LogP contribution in [-0.2, 0) is 14.3 Å². The number of aliphatic hydroxyl groups excluding tert-OH is 2. The molecule has 0 aromatic heterocycles. The second kappa shape index (κ2) is 43.9. The third-order valence-corrected chi connectivity index (χ3v) is 10.6. The number of carbonyl (C=O) groups is 2. The Kier molecular flexibility index (Phi) is 42.2. The molecule has 0 aromatic carbocycles. The van der Waals surface area contributed by atoms with E-state index in [1.54, 1.807) is 0 Å². The van der Waals surface area contributed by atoms with Crippen LogP contribution in [0.3, 0.4) is 0 Å². The van der Waals surface area contributed by atoms with Gasteiger partial charge in [0.1, 0.15) is 6.10 Å². The number of unbranched alkanes of at least 4 members (excludes halogenated alkanes) is 22. The van der Waals surface area contributed by atoms with Crippen molar-refractivity contribution in [2.75, 3.05) is 6.61 Å². The highest BCUT2D eigenvalue weighted by molar-refractivity contribution is 5.77. The Bertz CT molecular complexity index is 972. The fraction of sp³-hybridized carbons (Fsp3) is 0.800. The zero-order valence-electron chi connectivity index (χ0n) is 37.0. The minimum atomic E-state index is -0.793. The van der Waals surface area contributed by atoms with Crippen LogP contribution in [-0.4, -0.2) is 46.9 Å². The predicted molar refractivity (Wildman–Crippen MR) is 241 cm³/mol. The van der Waals surface area contributed by atoms with E-state index in [1.807, 2.05) is 0 Å². The number of carbonyl (C=O) groups excluding carboxylic acids is 2. The predicted octanol–water partition coefficient (Wildman–Crippen LogP) is 13.9. The lowest BCUT2D eigenvalue weighted by Gasteiger charge is -2.24. The highest BCUT2D eigenvalue weighted by Gasteiger charge is 2.24. The van der Waals surface area contributed by atoms with Crippen LogP contribution in [0, 0.1) is 0 Å². The SMILES string of the molecule is CC/C=C/C/C=C/C/C=C/CCCCCCC(CC(=O)NC(CO)C(O)CCCCCCCCCCCCCC)OC(=O)CCCCCCC/C=C\CCCC. The molecule has 6 nitrogen and oxygen atoms in total. The Morgan fingerprint density at radius 1 is 0.536 bits per heavy atom. The number of hydrogen-bond acceptors (Lipinski definition) is 5. The van der Waals surface area contributed by atoms with Gasteiger partial charge in [-0.25, -0.2) is 0 Å². The molecule has 0 aliphatic heterocycles. The molecule has 0 heterocycles. The van der Waals surface area contributed by atoms with Crippen molar-refractivity contribution < 1.29 is 24.5 Å². The number of ether oxygens (including phenoxy) is 1. The van der Waals surface area contributed by atoms with Gasteiger partial charge in [-0.15, -0.1) is 0 Å². The minimum absolute atomic E-state index is 0.0594. The molecule has 0 rings (SSSR count). The number of hydrogen-bond donors (Lipinski definition) is 3. The maximum Gasteiger partial charge on any atom is 0.306 e. The molecular weight excluding hydrogens is 695 g/mol. The molecule has 326 valence electrons. The van der Waals surface area contributed by atoms with Crippen LogP contribution in [0.25, 0.3) is 0 Å². The summed E-state index contributed by atoms with van der Waals surface area (Å²) in [5.41, 5.74) is 0. The number of amides is 1. The molecule has 6 heteroatoms. The van der Waals surface area contributed by atoms with Gasteiger partial charge in [-0.1, -0.05) is 191 Å². The maximum atomic E-state index is 13.1. The van der Waals surface area contributed by atoms with Gasteiger partial charge in [-0.05, 0) is 77.0 Å².